The van der Waals surface area contributed by atoms with E-state index in [0.717, 1.165) is 0 Å². The van der Waals surface area contributed by atoms with Crippen LogP contribution in [-0.4, -0.2) is 13.1 Å². The molecule has 0 atom stereocenters. The lowest BCUT2D eigenvalue weighted by Crippen LogP contribution is -2.17. The molecule has 2 aromatic carbocycles. The van der Waals surface area contributed by atoms with E-state index in [1.54, 1.807) is 37.4 Å². The van der Waals surface area contributed by atoms with Crippen LogP contribution in [0.4, 0.5) is 0 Å². The van der Waals surface area contributed by atoms with Crippen molar-refractivity contribution in [1.29, 1.82) is 0 Å². The standard InChI is InChI=1S/C22H22O5/c1-22(2,3)12-20(23)27-14-9-10-16-19(11-14)26-13-17(21(16)24)15-7-5-6-8-18(15)25-4/h5-11,13H,12H2,1-4H3. The third-order valence-corrected chi connectivity index (χ3v) is 4.05. The smallest absolute Gasteiger partial charge is 0.311 e. The van der Waals surface area contributed by atoms with Gasteiger partial charge in [-0.05, 0) is 23.6 Å². The summed E-state index contributed by atoms with van der Waals surface area (Å²) >= 11 is 0. The van der Waals surface area contributed by atoms with E-state index in [0.29, 0.717) is 40.0 Å². The zero-order chi connectivity index (χ0) is 19.6. The van der Waals surface area contributed by atoms with Crippen molar-refractivity contribution in [2.24, 2.45) is 5.41 Å². The van der Waals surface area contributed by atoms with Crippen molar-refractivity contribution in [3.05, 3.63) is 59.0 Å². The predicted octanol–water partition coefficient (Wildman–Crippen LogP) is 4.81. The molecule has 0 spiro atoms. The molecule has 0 amide bonds. The highest BCUT2D eigenvalue weighted by atomic mass is 16.5. The highest BCUT2D eigenvalue weighted by Gasteiger charge is 2.18. The Bertz CT molecular complexity index is 1040. The third kappa shape index (κ3) is 4.19. The molecule has 0 aliphatic rings. The molecule has 1 heterocycles. The van der Waals surface area contributed by atoms with E-state index in [1.807, 2.05) is 32.9 Å². The first-order valence-corrected chi connectivity index (χ1v) is 8.68. The first-order valence-electron chi connectivity index (χ1n) is 8.68. The lowest BCUT2D eigenvalue weighted by molar-refractivity contribution is -0.136. The van der Waals surface area contributed by atoms with Gasteiger partial charge < -0.3 is 13.9 Å². The Morgan fingerprint density at radius 3 is 2.52 bits per heavy atom. The van der Waals surface area contributed by atoms with Crippen LogP contribution < -0.4 is 14.9 Å². The van der Waals surface area contributed by atoms with Gasteiger partial charge in [0.25, 0.3) is 0 Å². The van der Waals surface area contributed by atoms with Crippen molar-refractivity contribution in [2.75, 3.05) is 7.11 Å². The van der Waals surface area contributed by atoms with Crippen LogP contribution in [0.1, 0.15) is 27.2 Å². The highest BCUT2D eigenvalue weighted by molar-refractivity contribution is 5.84. The maximum Gasteiger partial charge on any atom is 0.311 e. The molecule has 0 aliphatic carbocycles. The zero-order valence-electron chi connectivity index (χ0n) is 15.9. The maximum atomic E-state index is 12.9. The number of rotatable bonds is 4. The van der Waals surface area contributed by atoms with E-state index >= 15 is 0 Å². The van der Waals surface area contributed by atoms with Crippen molar-refractivity contribution >= 4 is 16.9 Å². The second-order valence-corrected chi connectivity index (χ2v) is 7.55. The molecule has 0 bridgehead atoms. The fourth-order valence-corrected chi connectivity index (χ4v) is 2.83. The average molecular weight is 366 g/mol. The molecule has 3 aromatic rings. The monoisotopic (exact) mass is 366 g/mol. The molecule has 0 radical (unpaired) electrons. The number of carbonyl (C=O) groups excluding carboxylic acids is 1. The first kappa shape index (κ1) is 18.7. The zero-order valence-corrected chi connectivity index (χ0v) is 15.9. The Morgan fingerprint density at radius 2 is 1.81 bits per heavy atom. The van der Waals surface area contributed by atoms with Crippen LogP contribution >= 0.6 is 0 Å². The van der Waals surface area contributed by atoms with Crippen LogP contribution in [0.15, 0.2) is 57.9 Å². The second kappa shape index (κ2) is 7.27. The molecule has 0 saturated heterocycles. The third-order valence-electron chi connectivity index (χ3n) is 4.05. The maximum absolute atomic E-state index is 12.9. The molecule has 0 N–H and O–H groups in total. The molecule has 1 aromatic heterocycles. The van der Waals surface area contributed by atoms with E-state index in [9.17, 15) is 9.59 Å². The Kier molecular flexibility index (Phi) is 5.04. The van der Waals surface area contributed by atoms with Gasteiger partial charge in [-0.3, -0.25) is 9.59 Å². The summed E-state index contributed by atoms with van der Waals surface area (Å²) in [6.45, 7) is 5.90. The summed E-state index contributed by atoms with van der Waals surface area (Å²) in [5, 5.41) is 0.411. The van der Waals surface area contributed by atoms with Crippen LogP contribution in [0, 0.1) is 5.41 Å². The normalized spacial score (nSPS) is 11.4. The van der Waals surface area contributed by atoms with Crippen LogP contribution in [-0.2, 0) is 4.79 Å². The van der Waals surface area contributed by atoms with Gasteiger partial charge in [-0.15, -0.1) is 0 Å². The molecule has 5 nitrogen and oxygen atoms in total. The summed E-state index contributed by atoms with van der Waals surface area (Å²) in [6, 6.07) is 12.0. The minimum atomic E-state index is -0.324. The highest BCUT2D eigenvalue weighted by Crippen LogP contribution is 2.29. The number of esters is 1. The SMILES string of the molecule is COc1ccccc1-c1coc2cc(OC(=O)CC(C)(C)C)ccc2c1=O. The minimum Gasteiger partial charge on any atom is -0.496 e. The van der Waals surface area contributed by atoms with Gasteiger partial charge in [-0.1, -0.05) is 39.0 Å². The molecule has 27 heavy (non-hydrogen) atoms. The number of carbonyl (C=O) groups is 1. The predicted molar refractivity (Wildman–Crippen MR) is 104 cm³/mol. The van der Waals surface area contributed by atoms with Gasteiger partial charge in [0.15, 0.2) is 0 Å². The largest absolute Gasteiger partial charge is 0.496 e. The van der Waals surface area contributed by atoms with Crippen LogP contribution in [0.3, 0.4) is 0 Å². The molecular formula is C22H22O5. The molecule has 0 aliphatic heterocycles. The van der Waals surface area contributed by atoms with Crippen molar-refractivity contribution in [3.8, 4) is 22.6 Å². The fourth-order valence-electron chi connectivity index (χ4n) is 2.83. The molecular weight excluding hydrogens is 344 g/mol. The Hall–Kier alpha value is -3.08. The first-order chi connectivity index (χ1) is 12.8. The Morgan fingerprint density at radius 1 is 1.07 bits per heavy atom. The van der Waals surface area contributed by atoms with Crippen molar-refractivity contribution in [1.82, 2.24) is 0 Å². The molecule has 3 rings (SSSR count). The molecule has 5 heteroatoms. The Balaban J connectivity index is 1.97. The summed E-state index contributed by atoms with van der Waals surface area (Å²) in [5.74, 6) is 0.622. The van der Waals surface area contributed by atoms with Crippen molar-refractivity contribution in [2.45, 2.75) is 27.2 Å². The summed E-state index contributed by atoms with van der Waals surface area (Å²) in [4.78, 5) is 24.9. The number of hydrogen-bond donors (Lipinski definition) is 0. The van der Waals surface area contributed by atoms with Crippen LogP contribution in [0.25, 0.3) is 22.1 Å². The van der Waals surface area contributed by atoms with Crippen LogP contribution in [0.5, 0.6) is 11.5 Å². The van der Waals surface area contributed by atoms with E-state index in [-0.39, 0.29) is 16.8 Å². The van der Waals surface area contributed by atoms with Gasteiger partial charge in [-0.25, -0.2) is 0 Å². The average Bonchev–Trinajstić information content (AvgIpc) is 2.60. The topological polar surface area (TPSA) is 65.7 Å². The lowest BCUT2D eigenvalue weighted by atomic mass is 9.92. The van der Waals surface area contributed by atoms with E-state index in [1.165, 1.54) is 6.26 Å². The van der Waals surface area contributed by atoms with Gasteiger partial charge in [0.05, 0.1) is 24.5 Å². The van der Waals surface area contributed by atoms with E-state index in [2.05, 4.69) is 0 Å². The molecule has 0 unspecified atom stereocenters. The number of hydrogen-bond acceptors (Lipinski definition) is 5. The quantitative estimate of drug-likeness (QED) is 0.490. The molecule has 0 fully saturated rings. The van der Waals surface area contributed by atoms with Crippen molar-refractivity contribution in [3.63, 3.8) is 0 Å². The number of fused-ring (bicyclic) bond motifs is 1. The second-order valence-electron chi connectivity index (χ2n) is 7.55. The van der Waals surface area contributed by atoms with E-state index in [4.69, 9.17) is 13.9 Å². The fraction of sp³-hybridized carbons (Fsp3) is 0.273. The number of methoxy groups -OCH3 is 1. The summed E-state index contributed by atoms with van der Waals surface area (Å²) < 4.78 is 16.4. The Labute approximate surface area is 157 Å². The summed E-state index contributed by atoms with van der Waals surface area (Å²) in [6.07, 6.45) is 1.70. The summed E-state index contributed by atoms with van der Waals surface area (Å²) in [5.41, 5.74) is 1.10. The van der Waals surface area contributed by atoms with Crippen LogP contribution in [0.2, 0.25) is 0 Å². The summed E-state index contributed by atoms with van der Waals surface area (Å²) in [7, 11) is 1.56. The number of ether oxygens (including phenoxy) is 2. The van der Waals surface area contributed by atoms with Crippen molar-refractivity contribution < 1.29 is 18.7 Å². The lowest BCUT2D eigenvalue weighted by Gasteiger charge is -2.16. The molecule has 0 saturated carbocycles. The van der Waals surface area contributed by atoms with Gasteiger partial charge >= 0.3 is 5.97 Å². The van der Waals surface area contributed by atoms with E-state index < -0.39 is 0 Å². The minimum absolute atomic E-state index is 0.163. The van der Waals surface area contributed by atoms with Gasteiger partial charge in [0.1, 0.15) is 23.3 Å². The van der Waals surface area contributed by atoms with Gasteiger partial charge in [0, 0.05) is 11.6 Å². The van der Waals surface area contributed by atoms with Gasteiger partial charge in [-0.2, -0.15) is 0 Å². The number of benzene rings is 2. The number of para-hydroxylation sites is 1. The molecule has 140 valence electrons. The van der Waals surface area contributed by atoms with Gasteiger partial charge in [0.2, 0.25) is 5.43 Å².